The van der Waals surface area contributed by atoms with Gasteiger partial charge >= 0.3 is 0 Å². The highest BCUT2D eigenvalue weighted by atomic mass is 35.5. The number of benzene rings is 2. The van der Waals surface area contributed by atoms with Crippen LogP contribution in [-0.4, -0.2) is 48.9 Å². The first-order valence-electron chi connectivity index (χ1n) is 12.4. The summed E-state index contributed by atoms with van der Waals surface area (Å²) in [6, 6.07) is 5.59. The van der Waals surface area contributed by atoms with E-state index in [1.807, 2.05) is 18.7 Å². The van der Waals surface area contributed by atoms with Crippen LogP contribution in [0.25, 0.3) is 10.9 Å². The van der Waals surface area contributed by atoms with Gasteiger partial charge in [-0.25, -0.2) is 8.78 Å². The lowest BCUT2D eigenvalue weighted by atomic mass is 10.1. The number of hydrogen-bond donors (Lipinski definition) is 2. The second kappa shape index (κ2) is 10.4. The molecule has 1 saturated carbocycles. The van der Waals surface area contributed by atoms with Crippen molar-refractivity contribution in [1.82, 2.24) is 15.2 Å². The Labute approximate surface area is 228 Å². The zero-order valence-electron chi connectivity index (χ0n) is 21.2. The number of nitrogens with one attached hydrogen (secondary N) is 2. The molecule has 0 bridgehead atoms. The summed E-state index contributed by atoms with van der Waals surface area (Å²) in [7, 11) is 1.40. The fourth-order valence-electron chi connectivity index (χ4n) is 5.24. The number of anilines is 1. The molecular formula is C27H28Cl2F2N4O3. The number of nitrogens with zero attached hydrogens (tertiary/aromatic N) is 2. The van der Waals surface area contributed by atoms with Crippen molar-refractivity contribution in [3.05, 3.63) is 67.7 Å². The summed E-state index contributed by atoms with van der Waals surface area (Å²) >= 11 is 12.1. The Bertz CT molecular complexity index is 1470. The molecule has 3 aromatic rings. The molecule has 7 nitrogen and oxygen atoms in total. The summed E-state index contributed by atoms with van der Waals surface area (Å²) in [6.45, 7) is 5.10. The van der Waals surface area contributed by atoms with E-state index in [0.717, 1.165) is 6.07 Å². The van der Waals surface area contributed by atoms with E-state index in [-0.39, 0.29) is 53.0 Å². The number of ether oxygens (including phenoxy) is 1. The molecule has 38 heavy (non-hydrogen) atoms. The molecule has 0 spiro atoms. The average Bonchev–Trinajstić information content (AvgIpc) is 3.58. The molecule has 11 heteroatoms. The SMILES string of the molecule is COc1c(N2CC(C)NC(C)C2)c(F)cc2c(=O)c(C(=O)NCc3ccc(Cl)cc3Cl)cn([C@H]3C[C@H]3F)c12. The fraction of sp³-hybridized carbons (Fsp3) is 0.407. The van der Waals surface area contributed by atoms with Crippen molar-refractivity contribution in [1.29, 1.82) is 0 Å². The van der Waals surface area contributed by atoms with Crippen LogP contribution in [0.4, 0.5) is 14.5 Å². The third kappa shape index (κ3) is 4.95. The molecule has 1 amide bonds. The van der Waals surface area contributed by atoms with Gasteiger partial charge in [-0.05, 0) is 37.6 Å². The molecule has 2 N–H and O–H groups in total. The molecule has 2 aliphatic rings. The summed E-state index contributed by atoms with van der Waals surface area (Å²) in [5.41, 5.74) is 0.209. The first-order chi connectivity index (χ1) is 18.1. The minimum Gasteiger partial charge on any atom is -0.492 e. The standard InChI is InChI=1S/C27H28Cl2F2N4O3/c1-13-10-34(11-14(2)33-13)24-21(31)7-17-23(26(24)38-3)35(22-8-20(22)30)12-18(25(17)36)27(37)32-9-15-4-5-16(28)6-19(15)29/h4-7,12-14,20,22,33H,8-11H2,1-3H3,(H,32,37)/t13?,14?,20-,22+/m1/s1. The summed E-state index contributed by atoms with van der Waals surface area (Å²) in [5.74, 6) is -1.17. The first-order valence-corrected chi connectivity index (χ1v) is 13.2. The molecule has 0 radical (unpaired) electrons. The number of carbonyl (C=O) groups is 1. The Morgan fingerprint density at radius 3 is 2.50 bits per heavy atom. The van der Waals surface area contributed by atoms with Gasteiger partial charge in [-0.1, -0.05) is 29.3 Å². The number of amides is 1. The van der Waals surface area contributed by atoms with Crippen molar-refractivity contribution in [2.75, 3.05) is 25.1 Å². The van der Waals surface area contributed by atoms with E-state index in [9.17, 15) is 14.0 Å². The van der Waals surface area contributed by atoms with Crippen LogP contribution < -0.4 is 25.7 Å². The molecule has 1 aliphatic carbocycles. The molecule has 2 aromatic carbocycles. The van der Waals surface area contributed by atoms with Crippen molar-refractivity contribution in [3.8, 4) is 5.75 Å². The number of halogens is 4. The van der Waals surface area contributed by atoms with Crippen LogP contribution in [0.1, 0.15) is 42.2 Å². The number of carbonyl (C=O) groups excluding carboxylic acids is 1. The Kier molecular flexibility index (Phi) is 7.28. The highest BCUT2D eigenvalue weighted by Gasteiger charge is 2.41. The van der Waals surface area contributed by atoms with E-state index in [2.05, 4.69) is 10.6 Å². The van der Waals surface area contributed by atoms with Crippen LogP contribution in [0.5, 0.6) is 5.75 Å². The average molecular weight is 565 g/mol. The normalized spacial score (nSPS) is 23.0. The maximum absolute atomic E-state index is 15.7. The van der Waals surface area contributed by atoms with Gasteiger partial charge < -0.3 is 24.8 Å². The highest BCUT2D eigenvalue weighted by Crippen LogP contribution is 2.45. The molecular weight excluding hydrogens is 537 g/mol. The largest absolute Gasteiger partial charge is 0.492 e. The molecule has 1 aromatic heterocycles. The van der Waals surface area contributed by atoms with E-state index >= 15 is 4.39 Å². The molecule has 2 heterocycles. The number of pyridine rings is 1. The minimum atomic E-state index is -1.15. The van der Waals surface area contributed by atoms with E-state index in [0.29, 0.717) is 28.7 Å². The second-order valence-electron chi connectivity index (χ2n) is 10.0. The predicted molar refractivity (Wildman–Crippen MR) is 145 cm³/mol. The Balaban J connectivity index is 1.60. The number of aromatic nitrogens is 1. The van der Waals surface area contributed by atoms with Gasteiger partial charge in [-0.3, -0.25) is 9.59 Å². The molecule has 2 fully saturated rings. The first kappa shape index (κ1) is 26.7. The number of fused-ring (bicyclic) bond motifs is 1. The number of rotatable bonds is 6. The van der Waals surface area contributed by atoms with Crippen molar-refractivity contribution in [2.24, 2.45) is 0 Å². The Hall–Kier alpha value is -2.88. The Morgan fingerprint density at radius 2 is 1.89 bits per heavy atom. The lowest BCUT2D eigenvalue weighted by Gasteiger charge is -2.38. The van der Waals surface area contributed by atoms with Crippen molar-refractivity contribution < 1.29 is 18.3 Å². The summed E-state index contributed by atoms with van der Waals surface area (Å²) in [4.78, 5) is 28.5. The highest BCUT2D eigenvalue weighted by molar-refractivity contribution is 6.35. The zero-order valence-corrected chi connectivity index (χ0v) is 22.7. The van der Waals surface area contributed by atoms with Gasteiger partial charge in [-0.15, -0.1) is 0 Å². The van der Waals surface area contributed by atoms with Crippen LogP contribution in [0.15, 0.2) is 35.3 Å². The lowest BCUT2D eigenvalue weighted by molar-refractivity contribution is 0.0949. The number of piperazine rings is 1. The molecule has 1 saturated heterocycles. The van der Waals surface area contributed by atoms with Gasteiger partial charge in [0.2, 0.25) is 5.43 Å². The molecule has 1 aliphatic heterocycles. The maximum Gasteiger partial charge on any atom is 0.257 e. The second-order valence-corrected chi connectivity index (χ2v) is 10.9. The fourth-order valence-corrected chi connectivity index (χ4v) is 5.71. The van der Waals surface area contributed by atoms with E-state index in [1.165, 1.54) is 13.3 Å². The molecule has 202 valence electrons. The number of hydrogen-bond acceptors (Lipinski definition) is 5. The minimum absolute atomic E-state index is 0.0391. The quantitative estimate of drug-likeness (QED) is 0.447. The van der Waals surface area contributed by atoms with Gasteiger partial charge in [0.1, 0.15) is 17.4 Å². The van der Waals surface area contributed by atoms with E-state index in [4.69, 9.17) is 27.9 Å². The molecule has 2 unspecified atom stereocenters. The zero-order chi connectivity index (χ0) is 27.3. The maximum atomic E-state index is 15.7. The third-order valence-corrected chi connectivity index (χ3v) is 7.60. The third-order valence-electron chi connectivity index (χ3n) is 7.01. The van der Waals surface area contributed by atoms with Crippen molar-refractivity contribution >= 4 is 45.7 Å². The number of methoxy groups -OCH3 is 1. The van der Waals surface area contributed by atoms with Gasteiger partial charge in [0.15, 0.2) is 11.6 Å². The van der Waals surface area contributed by atoms with E-state index in [1.54, 1.807) is 22.8 Å². The van der Waals surface area contributed by atoms with E-state index < -0.39 is 29.4 Å². The smallest absolute Gasteiger partial charge is 0.257 e. The van der Waals surface area contributed by atoms with Gasteiger partial charge in [0.25, 0.3) is 5.91 Å². The van der Waals surface area contributed by atoms with Gasteiger partial charge in [-0.2, -0.15) is 0 Å². The van der Waals surface area contributed by atoms with Crippen molar-refractivity contribution in [3.63, 3.8) is 0 Å². The van der Waals surface area contributed by atoms with Crippen LogP contribution in [0.3, 0.4) is 0 Å². The lowest BCUT2D eigenvalue weighted by Crippen LogP contribution is -2.54. The van der Waals surface area contributed by atoms with Crippen LogP contribution in [-0.2, 0) is 6.54 Å². The number of alkyl halides is 1. The summed E-state index contributed by atoms with van der Waals surface area (Å²) in [5, 5.41) is 6.86. The van der Waals surface area contributed by atoms with Gasteiger partial charge in [0, 0.05) is 54.4 Å². The Morgan fingerprint density at radius 1 is 1.21 bits per heavy atom. The summed E-state index contributed by atoms with van der Waals surface area (Å²) in [6.07, 6.45) is 0.416. The van der Waals surface area contributed by atoms with Crippen LogP contribution in [0.2, 0.25) is 10.0 Å². The predicted octanol–water partition coefficient (Wildman–Crippen LogP) is 4.86. The summed E-state index contributed by atoms with van der Waals surface area (Å²) < 4.78 is 37.3. The molecule has 5 rings (SSSR count). The molecule has 4 atom stereocenters. The van der Waals surface area contributed by atoms with Crippen LogP contribution >= 0.6 is 23.2 Å². The monoisotopic (exact) mass is 564 g/mol. The van der Waals surface area contributed by atoms with Crippen LogP contribution in [0, 0.1) is 5.82 Å². The van der Waals surface area contributed by atoms with Crippen molar-refractivity contribution in [2.45, 2.75) is 51.1 Å². The van der Waals surface area contributed by atoms with Gasteiger partial charge in [0.05, 0.1) is 24.1 Å². The topological polar surface area (TPSA) is 75.6 Å².